The maximum absolute atomic E-state index is 12.1. The number of aryl methyl sites for hydroxylation is 1. The smallest absolute Gasteiger partial charge is 0.252 e. The predicted molar refractivity (Wildman–Crippen MR) is 107 cm³/mol. The molecule has 0 aliphatic rings. The van der Waals surface area contributed by atoms with E-state index in [1.54, 1.807) is 42.3 Å². The van der Waals surface area contributed by atoms with Gasteiger partial charge < -0.3 is 15.7 Å². The minimum Gasteiger partial charge on any atom is -0.394 e. The Hall–Kier alpha value is -3.77. The molecule has 2 heterocycles. The van der Waals surface area contributed by atoms with Crippen LogP contribution in [0.15, 0.2) is 42.9 Å². The molecule has 0 aliphatic heterocycles. The Labute approximate surface area is 168 Å². The minimum atomic E-state index is -0.554. The van der Waals surface area contributed by atoms with Crippen LogP contribution in [0.1, 0.15) is 22.8 Å². The van der Waals surface area contributed by atoms with Gasteiger partial charge >= 0.3 is 0 Å². The van der Waals surface area contributed by atoms with Gasteiger partial charge in [-0.15, -0.1) is 0 Å². The van der Waals surface area contributed by atoms with Gasteiger partial charge in [0.05, 0.1) is 36.8 Å². The Kier molecular flexibility index (Phi) is 6.16. The van der Waals surface area contributed by atoms with Crippen LogP contribution < -0.4 is 10.6 Å². The lowest BCUT2D eigenvalue weighted by atomic mass is 10.1. The molecule has 0 saturated heterocycles. The summed E-state index contributed by atoms with van der Waals surface area (Å²) in [4.78, 5) is 21.0. The highest BCUT2D eigenvalue weighted by molar-refractivity contribution is 5.95. The quantitative estimate of drug-likeness (QED) is 0.562. The summed E-state index contributed by atoms with van der Waals surface area (Å²) in [6, 6.07) is 8.43. The van der Waals surface area contributed by atoms with Gasteiger partial charge in [0.1, 0.15) is 6.04 Å². The fourth-order valence-electron chi connectivity index (χ4n) is 2.67. The number of amides is 1. The number of carbonyl (C=O) groups excluding carboxylic acids is 1. The van der Waals surface area contributed by atoms with Crippen molar-refractivity contribution in [2.75, 3.05) is 11.9 Å². The highest BCUT2D eigenvalue weighted by Crippen LogP contribution is 2.23. The number of nitrogens with one attached hydrogen (secondary N) is 2. The Morgan fingerprint density at radius 1 is 1.31 bits per heavy atom. The average molecular weight is 391 g/mol. The molecule has 29 heavy (non-hydrogen) atoms. The number of anilines is 2. The zero-order valence-electron chi connectivity index (χ0n) is 16.1. The first-order valence-corrected chi connectivity index (χ1v) is 9.05. The van der Waals surface area contributed by atoms with E-state index in [1.165, 1.54) is 0 Å². The molecule has 0 unspecified atom stereocenters. The SMILES string of the molecule is Cc1cnc(Nc2cnn(CCO)c2)nc1-c1ccc(C(=O)N[C@@H](C)C#N)cc1. The standard InChI is InChI=1S/C20H21N7O2/c1-13-10-22-20(25-17-11-23-27(12-17)7-8-28)26-18(13)15-3-5-16(6-4-15)19(29)24-14(2)9-21/h3-6,10-12,14,28H,7-8H2,1-2H3,(H,24,29)(H,22,25,26)/t14-/m0/s1. The third-order valence-electron chi connectivity index (χ3n) is 4.15. The minimum absolute atomic E-state index is 0.00967. The van der Waals surface area contributed by atoms with Gasteiger partial charge in [-0.05, 0) is 31.5 Å². The lowest BCUT2D eigenvalue weighted by molar-refractivity contribution is 0.0948. The second-order valence-electron chi connectivity index (χ2n) is 6.47. The third kappa shape index (κ3) is 4.94. The molecular formula is C20H21N7O2. The van der Waals surface area contributed by atoms with E-state index in [0.717, 1.165) is 16.8 Å². The van der Waals surface area contributed by atoms with E-state index >= 15 is 0 Å². The van der Waals surface area contributed by atoms with Crippen LogP contribution in [-0.2, 0) is 6.54 Å². The van der Waals surface area contributed by atoms with Crippen LogP contribution in [-0.4, -0.2) is 43.4 Å². The Morgan fingerprint density at radius 2 is 2.07 bits per heavy atom. The van der Waals surface area contributed by atoms with Gasteiger partial charge in [-0.1, -0.05) is 12.1 Å². The largest absolute Gasteiger partial charge is 0.394 e. The molecule has 1 aromatic carbocycles. The molecule has 148 valence electrons. The van der Waals surface area contributed by atoms with Crippen molar-refractivity contribution >= 4 is 17.5 Å². The Morgan fingerprint density at radius 3 is 2.76 bits per heavy atom. The molecule has 2 aromatic heterocycles. The van der Waals surface area contributed by atoms with Gasteiger partial charge in [0, 0.05) is 23.5 Å². The van der Waals surface area contributed by atoms with E-state index in [0.29, 0.717) is 23.7 Å². The summed E-state index contributed by atoms with van der Waals surface area (Å²) in [6.45, 7) is 3.96. The van der Waals surface area contributed by atoms with E-state index in [-0.39, 0.29) is 12.5 Å². The Balaban J connectivity index is 1.78. The van der Waals surface area contributed by atoms with E-state index < -0.39 is 6.04 Å². The monoisotopic (exact) mass is 391 g/mol. The van der Waals surface area contributed by atoms with E-state index in [9.17, 15) is 4.79 Å². The van der Waals surface area contributed by atoms with Crippen LogP contribution in [0.25, 0.3) is 11.3 Å². The van der Waals surface area contributed by atoms with Crippen LogP contribution >= 0.6 is 0 Å². The number of hydrogen-bond acceptors (Lipinski definition) is 7. The van der Waals surface area contributed by atoms with Crippen molar-refractivity contribution in [1.29, 1.82) is 5.26 Å². The maximum Gasteiger partial charge on any atom is 0.252 e. The summed E-state index contributed by atoms with van der Waals surface area (Å²) < 4.78 is 1.62. The number of aliphatic hydroxyl groups excluding tert-OH is 1. The summed E-state index contributed by atoms with van der Waals surface area (Å²) in [7, 11) is 0. The molecule has 3 N–H and O–H groups in total. The van der Waals surface area contributed by atoms with Gasteiger partial charge in [-0.2, -0.15) is 10.4 Å². The summed E-state index contributed by atoms with van der Waals surface area (Å²) in [5, 5.41) is 27.6. The number of carbonyl (C=O) groups is 1. The zero-order chi connectivity index (χ0) is 20.8. The van der Waals surface area contributed by atoms with Crippen molar-refractivity contribution in [1.82, 2.24) is 25.1 Å². The molecule has 0 bridgehead atoms. The van der Waals surface area contributed by atoms with Crippen LogP contribution in [0, 0.1) is 18.3 Å². The third-order valence-corrected chi connectivity index (χ3v) is 4.15. The van der Waals surface area contributed by atoms with Crippen LogP contribution in [0.5, 0.6) is 0 Å². The number of hydrogen-bond donors (Lipinski definition) is 3. The molecule has 0 saturated carbocycles. The number of aromatic nitrogens is 4. The molecule has 0 fully saturated rings. The van der Waals surface area contributed by atoms with Crippen LogP contribution in [0.2, 0.25) is 0 Å². The number of nitriles is 1. The second-order valence-corrected chi connectivity index (χ2v) is 6.47. The zero-order valence-corrected chi connectivity index (χ0v) is 16.1. The van der Waals surface area contributed by atoms with Crippen LogP contribution in [0.4, 0.5) is 11.6 Å². The molecule has 0 radical (unpaired) electrons. The molecule has 3 aromatic rings. The lowest BCUT2D eigenvalue weighted by Crippen LogP contribution is -2.31. The van der Waals surface area contributed by atoms with Crippen molar-refractivity contribution in [2.24, 2.45) is 0 Å². The second kappa shape index (κ2) is 8.95. The Bertz CT molecular complexity index is 1040. The van der Waals surface area contributed by atoms with Crippen molar-refractivity contribution in [3.8, 4) is 17.3 Å². The first-order valence-electron chi connectivity index (χ1n) is 9.05. The van der Waals surface area contributed by atoms with Crippen molar-refractivity contribution < 1.29 is 9.90 Å². The molecule has 0 aliphatic carbocycles. The number of rotatable bonds is 7. The first kappa shape index (κ1) is 20.0. The number of nitrogens with zero attached hydrogens (tertiary/aromatic N) is 5. The molecule has 0 spiro atoms. The number of aliphatic hydroxyl groups is 1. The van der Waals surface area contributed by atoms with Crippen molar-refractivity contribution in [3.63, 3.8) is 0 Å². The van der Waals surface area contributed by atoms with E-state index in [2.05, 4.69) is 25.7 Å². The normalized spacial score (nSPS) is 11.5. The van der Waals surface area contributed by atoms with E-state index in [4.69, 9.17) is 10.4 Å². The number of benzene rings is 1. The average Bonchev–Trinajstić information content (AvgIpc) is 3.16. The molecule has 1 amide bonds. The highest BCUT2D eigenvalue weighted by Gasteiger charge is 2.11. The predicted octanol–water partition coefficient (Wildman–Crippen LogP) is 2.03. The first-order chi connectivity index (χ1) is 14.0. The molecular weight excluding hydrogens is 370 g/mol. The highest BCUT2D eigenvalue weighted by atomic mass is 16.3. The van der Waals surface area contributed by atoms with Gasteiger partial charge in [-0.3, -0.25) is 9.48 Å². The topological polar surface area (TPSA) is 129 Å². The molecule has 3 rings (SSSR count). The fraction of sp³-hybridized carbons (Fsp3) is 0.250. The summed E-state index contributed by atoms with van der Waals surface area (Å²) in [5.41, 5.74) is 3.65. The van der Waals surface area contributed by atoms with Crippen molar-refractivity contribution in [3.05, 3.63) is 54.0 Å². The van der Waals surface area contributed by atoms with Crippen molar-refractivity contribution in [2.45, 2.75) is 26.4 Å². The maximum atomic E-state index is 12.1. The van der Waals surface area contributed by atoms with Crippen LogP contribution in [0.3, 0.4) is 0 Å². The molecule has 9 heteroatoms. The summed E-state index contributed by atoms with van der Waals surface area (Å²) in [5.74, 6) is 0.117. The molecule has 9 nitrogen and oxygen atoms in total. The van der Waals surface area contributed by atoms with Gasteiger partial charge in [-0.25, -0.2) is 9.97 Å². The van der Waals surface area contributed by atoms with E-state index in [1.807, 2.05) is 25.1 Å². The fourth-order valence-corrected chi connectivity index (χ4v) is 2.67. The van der Waals surface area contributed by atoms with Gasteiger partial charge in [0.2, 0.25) is 5.95 Å². The van der Waals surface area contributed by atoms with Gasteiger partial charge in [0.25, 0.3) is 5.91 Å². The summed E-state index contributed by atoms with van der Waals surface area (Å²) >= 11 is 0. The summed E-state index contributed by atoms with van der Waals surface area (Å²) in [6.07, 6.45) is 5.11. The lowest BCUT2D eigenvalue weighted by Gasteiger charge is -2.10. The van der Waals surface area contributed by atoms with Gasteiger partial charge in [0.15, 0.2) is 0 Å². The molecule has 1 atom stereocenters.